The summed E-state index contributed by atoms with van der Waals surface area (Å²) in [4.78, 5) is 12.5. The van der Waals surface area contributed by atoms with Gasteiger partial charge >= 0.3 is 0 Å². The van der Waals surface area contributed by atoms with Crippen molar-refractivity contribution in [2.45, 2.75) is 32.3 Å². The summed E-state index contributed by atoms with van der Waals surface area (Å²) in [6.07, 6.45) is 1.72. The Morgan fingerprint density at radius 1 is 1.47 bits per heavy atom. The number of carbonyl (C=O) groups is 1. The van der Waals surface area contributed by atoms with Gasteiger partial charge in [-0.3, -0.25) is 4.79 Å². The minimum atomic E-state index is -0.679. The second-order valence-corrected chi connectivity index (χ2v) is 4.72. The molecule has 92 valence electrons. The lowest BCUT2D eigenvalue weighted by molar-refractivity contribution is 0.0211. The van der Waals surface area contributed by atoms with Gasteiger partial charge in [0.15, 0.2) is 5.78 Å². The Kier molecular flexibility index (Phi) is 3.20. The number of rotatable bonds is 3. The van der Waals surface area contributed by atoms with Gasteiger partial charge in [-0.2, -0.15) is 0 Å². The van der Waals surface area contributed by atoms with Crippen molar-refractivity contribution in [1.29, 1.82) is 0 Å². The smallest absolute Gasteiger partial charge is 0.198 e. The number of aryl methyl sites for hydroxylation is 1. The number of ketones is 1. The van der Waals surface area contributed by atoms with Crippen molar-refractivity contribution in [2.75, 3.05) is 13.7 Å². The van der Waals surface area contributed by atoms with Crippen LogP contribution in [0.5, 0.6) is 5.75 Å². The summed E-state index contributed by atoms with van der Waals surface area (Å²) in [6, 6.07) is 5.64. The first-order chi connectivity index (χ1) is 8.07. The molecule has 1 fully saturated rings. The van der Waals surface area contributed by atoms with Crippen molar-refractivity contribution in [3.63, 3.8) is 0 Å². The predicted molar refractivity (Wildman–Crippen MR) is 65.7 cm³/mol. The maximum absolute atomic E-state index is 12.5. The van der Waals surface area contributed by atoms with Gasteiger partial charge in [-0.1, -0.05) is 11.6 Å². The normalized spacial score (nSPS) is 23.7. The molecule has 1 aromatic carbocycles. The molecule has 0 radical (unpaired) electrons. The highest BCUT2D eigenvalue weighted by Crippen LogP contribution is 2.32. The van der Waals surface area contributed by atoms with E-state index in [4.69, 9.17) is 9.47 Å². The molecule has 1 saturated heterocycles. The maximum atomic E-state index is 12.5. The molecule has 3 nitrogen and oxygen atoms in total. The highest BCUT2D eigenvalue weighted by Gasteiger charge is 2.39. The molecule has 0 bridgehead atoms. The molecule has 1 unspecified atom stereocenters. The molecule has 1 aliphatic heterocycles. The number of methoxy groups -OCH3 is 1. The van der Waals surface area contributed by atoms with E-state index in [1.807, 2.05) is 32.0 Å². The minimum Gasteiger partial charge on any atom is -0.496 e. The van der Waals surface area contributed by atoms with Gasteiger partial charge in [0.2, 0.25) is 0 Å². The van der Waals surface area contributed by atoms with Gasteiger partial charge in [0.1, 0.15) is 11.4 Å². The lowest BCUT2D eigenvalue weighted by Crippen LogP contribution is -2.34. The standard InChI is InChI=1S/C14H18O3/c1-10-5-6-12(16-3)11(9-10)13(15)14(2)7-4-8-17-14/h5-6,9H,4,7-8H2,1-3H3. The summed E-state index contributed by atoms with van der Waals surface area (Å²) in [7, 11) is 1.58. The fourth-order valence-corrected chi connectivity index (χ4v) is 2.24. The van der Waals surface area contributed by atoms with Gasteiger partial charge < -0.3 is 9.47 Å². The van der Waals surface area contributed by atoms with Crippen molar-refractivity contribution in [3.05, 3.63) is 29.3 Å². The Bertz CT molecular complexity index is 431. The lowest BCUT2D eigenvalue weighted by atomic mass is 9.91. The van der Waals surface area contributed by atoms with Gasteiger partial charge in [0.25, 0.3) is 0 Å². The molecule has 0 N–H and O–H groups in total. The maximum Gasteiger partial charge on any atom is 0.198 e. The minimum absolute atomic E-state index is 0.0237. The Labute approximate surface area is 102 Å². The van der Waals surface area contributed by atoms with Crippen LogP contribution in [-0.4, -0.2) is 25.1 Å². The third-order valence-corrected chi connectivity index (χ3v) is 3.30. The van der Waals surface area contributed by atoms with E-state index < -0.39 is 5.60 Å². The molecule has 0 aromatic heterocycles. The molecule has 0 aliphatic carbocycles. The lowest BCUT2D eigenvalue weighted by Gasteiger charge is -2.22. The molecule has 1 aromatic rings. The van der Waals surface area contributed by atoms with E-state index in [9.17, 15) is 4.79 Å². The topological polar surface area (TPSA) is 35.5 Å². The number of hydrogen-bond acceptors (Lipinski definition) is 3. The molecule has 0 spiro atoms. The van der Waals surface area contributed by atoms with Gasteiger partial charge in [-0.25, -0.2) is 0 Å². The van der Waals surface area contributed by atoms with Gasteiger partial charge in [0, 0.05) is 6.61 Å². The summed E-state index contributed by atoms with van der Waals surface area (Å²) >= 11 is 0. The third-order valence-electron chi connectivity index (χ3n) is 3.30. The van der Waals surface area contributed by atoms with E-state index in [0.29, 0.717) is 17.9 Å². The van der Waals surface area contributed by atoms with E-state index in [1.54, 1.807) is 7.11 Å². The first kappa shape index (κ1) is 12.1. The van der Waals surface area contributed by atoms with E-state index in [2.05, 4.69) is 0 Å². The largest absolute Gasteiger partial charge is 0.496 e. The number of benzene rings is 1. The van der Waals surface area contributed by atoms with Crippen molar-refractivity contribution in [3.8, 4) is 5.75 Å². The van der Waals surface area contributed by atoms with Crippen LogP contribution in [-0.2, 0) is 4.74 Å². The van der Waals surface area contributed by atoms with Crippen molar-refractivity contribution >= 4 is 5.78 Å². The average molecular weight is 234 g/mol. The molecular formula is C14H18O3. The van der Waals surface area contributed by atoms with Crippen LogP contribution in [0.4, 0.5) is 0 Å². The van der Waals surface area contributed by atoms with Crippen LogP contribution >= 0.6 is 0 Å². The van der Waals surface area contributed by atoms with E-state index >= 15 is 0 Å². The van der Waals surface area contributed by atoms with Crippen LogP contribution < -0.4 is 4.74 Å². The first-order valence-electron chi connectivity index (χ1n) is 5.90. The Balaban J connectivity index is 2.39. The molecule has 17 heavy (non-hydrogen) atoms. The van der Waals surface area contributed by atoms with Crippen LogP contribution in [0.1, 0.15) is 35.7 Å². The zero-order valence-corrected chi connectivity index (χ0v) is 10.6. The molecule has 1 aliphatic rings. The Morgan fingerprint density at radius 2 is 2.24 bits per heavy atom. The monoisotopic (exact) mass is 234 g/mol. The number of ether oxygens (including phenoxy) is 2. The van der Waals surface area contributed by atoms with Crippen LogP contribution in [0.25, 0.3) is 0 Å². The van der Waals surface area contributed by atoms with Crippen LogP contribution in [0.3, 0.4) is 0 Å². The highest BCUT2D eigenvalue weighted by molar-refractivity contribution is 6.04. The summed E-state index contributed by atoms with van der Waals surface area (Å²) in [6.45, 7) is 4.49. The second kappa shape index (κ2) is 4.49. The summed E-state index contributed by atoms with van der Waals surface area (Å²) in [5.41, 5.74) is 0.994. The van der Waals surface area contributed by atoms with Crippen LogP contribution in [0, 0.1) is 6.92 Å². The van der Waals surface area contributed by atoms with Crippen LogP contribution in [0.2, 0.25) is 0 Å². The van der Waals surface area contributed by atoms with Crippen molar-refractivity contribution in [2.24, 2.45) is 0 Å². The van der Waals surface area contributed by atoms with Gasteiger partial charge in [-0.15, -0.1) is 0 Å². The second-order valence-electron chi connectivity index (χ2n) is 4.72. The van der Waals surface area contributed by atoms with Gasteiger partial charge in [0.05, 0.1) is 12.7 Å². The number of hydrogen-bond donors (Lipinski definition) is 0. The summed E-state index contributed by atoms with van der Waals surface area (Å²) < 4.78 is 10.8. The first-order valence-corrected chi connectivity index (χ1v) is 5.90. The molecule has 0 saturated carbocycles. The Hall–Kier alpha value is -1.35. The van der Waals surface area contributed by atoms with Crippen LogP contribution in [0.15, 0.2) is 18.2 Å². The highest BCUT2D eigenvalue weighted by atomic mass is 16.5. The molecule has 3 heteroatoms. The third kappa shape index (κ3) is 2.20. The Morgan fingerprint density at radius 3 is 2.82 bits per heavy atom. The quantitative estimate of drug-likeness (QED) is 0.754. The SMILES string of the molecule is COc1ccc(C)cc1C(=O)C1(C)CCCO1. The molecule has 1 atom stereocenters. The van der Waals surface area contributed by atoms with Gasteiger partial charge in [-0.05, 0) is 38.8 Å². The van der Waals surface area contributed by atoms with Crippen molar-refractivity contribution < 1.29 is 14.3 Å². The van der Waals surface area contributed by atoms with E-state index in [0.717, 1.165) is 18.4 Å². The van der Waals surface area contributed by atoms with Crippen molar-refractivity contribution in [1.82, 2.24) is 0 Å². The molecule has 2 rings (SSSR count). The van der Waals surface area contributed by atoms with E-state index in [-0.39, 0.29) is 5.78 Å². The summed E-state index contributed by atoms with van der Waals surface area (Å²) in [5, 5.41) is 0. The predicted octanol–water partition coefficient (Wildman–Crippen LogP) is 2.76. The van der Waals surface area contributed by atoms with E-state index in [1.165, 1.54) is 0 Å². The number of Topliss-reactive ketones (excluding diaryl/α,β-unsaturated/α-hetero) is 1. The fourth-order valence-electron chi connectivity index (χ4n) is 2.24. The zero-order chi connectivity index (χ0) is 12.5. The molecule has 0 amide bonds. The summed E-state index contributed by atoms with van der Waals surface area (Å²) in [5.74, 6) is 0.646. The number of carbonyl (C=O) groups excluding carboxylic acids is 1. The fraction of sp³-hybridized carbons (Fsp3) is 0.500. The average Bonchev–Trinajstić information content (AvgIpc) is 2.76. The zero-order valence-electron chi connectivity index (χ0n) is 10.6. The molecule has 1 heterocycles. The molecular weight excluding hydrogens is 216 g/mol.